The standard InChI is InChI=1S/C26H33BrN2O3/c1-2-3-4-5-6-7-8-9-10-15-25(30)29-28-20-21-16-18-22(19-17-21)32-26(31)23-13-11-12-14-24(23)27/h11-14,16-20H,2-10,15H2,1H3,(H,29,30)/b28-20+. The number of rotatable bonds is 14. The number of benzene rings is 2. The SMILES string of the molecule is CCCCCCCCCCCC(=O)N/N=C/c1ccc(OC(=O)c2ccccc2Br)cc1. The van der Waals surface area contributed by atoms with Crippen molar-refractivity contribution in [3.05, 3.63) is 64.1 Å². The van der Waals surface area contributed by atoms with Gasteiger partial charge in [0.05, 0.1) is 11.8 Å². The van der Waals surface area contributed by atoms with Gasteiger partial charge in [0, 0.05) is 10.9 Å². The van der Waals surface area contributed by atoms with Crippen LogP contribution >= 0.6 is 15.9 Å². The number of hydrazone groups is 1. The Morgan fingerprint density at radius 2 is 1.53 bits per heavy atom. The Balaban J connectivity index is 1.63. The van der Waals surface area contributed by atoms with E-state index in [0.717, 1.165) is 18.4 Å². The van der Waals surface area contributed by atoms with Crippen molar-refractivity contribution in [1.29, 1.82) is 0 Å². The third-order valence-electron chi connectivity index (χ3n) is 5.09. The van der Waals surface area contributed by atoms with Crippen LogP contribution < -0.4 is 10.2 Å². The van der Waals surface area contributed by atoms with Crippen LogP contribution in [0.15, 0.2) is 58.1 Å². The van der Waals surface area contributed by atoms with Crippen LogP contribution in [0.3, 0.4) is 0 Å². The Morgan fingerprint density at radius 3 is 2.19 bits per heavy atom. The molecule has 0 saturated heterocycles. The second-order valence-electron chi connectivity index (χ2n) is 7.81. The molecule has 6 heteroatoms. The van der Waals surface area contributed by atoms with Gasteiger partial charge in [-0.3, -0.25) is 4.79 Å². The van der Waals surface area contributed by atoms with Crippen molar-refractivity contribution in [3.63, 3.8) is 0 Å². The number of hydrogen-bond acceptors (Lipinski definition) is 4. The topological polar surface area (TPSA) is 67.8 Å². The first-order valence-electron chi connectivity index (χ1n) is 11.5. The van der Waals surface area contributed by atoms with Crippen molar-refractivity contribution in [2.24, 2.45) is 5.10 Å². The van der Waals surface area contributed by atoms with Gasteiger partial charge in [-0.15, -0.1) is 0 Å². The van der Waals surface area contributed by atoms with Gasteiger partial charge in [-0.25, -0.2) is 10.2 Å². The molecule has 1 amide bonds. The van der Waals surface area contributed by atoms with Gasteiger partial charge < -0.3 is 4.74 Å². The molecule has 0 aliphatic heterocycles. The number of esters is 1. The molecule has 0 spiro atoms. The van der Waals surface area contributed by atoms with E-state index in [1.807, 2.05) is 6.07 Å². The van der Waals surface area contributed by atoms with Gasteiger partial charge in [0.15, 0.2) is 0 Å². The average molecular weight is 501 g/mol. The quantitative estimate of drug-likeness (QED) is 0.0993. The maximum atomic E-state index is 12.2. The molecule has 172 valence electrons. The average Bonchev–Trinajstić information content (AvgIpc) is 2.79. The lowest BCUT2D eigenvalue weighted by atomic mass is 10.1. The van der Waals surface area contributed by atoms with Crippen LogP contribution in [0, 0.1) is 0 Å². The minimum absolute atomic E-state index is 0.0665. The highest BCUT2D eigenvalue weighted by Crippen LogP contribution is 2.19. The summed E-state index contributed by atoms with van der Waals surface area (Å²) in [5.41, 5.74) is 3.84. The third kappa shape index (κ3) is 10.2. The maximum Gasteiger partial charge on any atom is 0.344 e. The molecular weight excluding hydrogens is 468 g/mol. The number of carbonyl (C=O) groups excluding carboxylic acids is 2. The highest BCUT2D eigenvalue weighted by molar-refractivity contribution is 9.10. The molecule has 0 aromatic heterocycles. The van der Waals surface area contributed by atoms with Gasteiger partial charge in [0.2, 0.25) is 5.91 Å². The van der Waals surface area contributed by atoms with Crippen molar-refractivity contribution in [1.82, 2.24) is 5.43 Å². The molecule has 2 aromatic carbocycles. The van der Waals surface area contributed by atoms with Crippen molar-refractivity contribution < 1.29 is 14.3 Å². The Labute approximate surface area is 199 Å². The molecule has 0 bridgehead atoms. The maximum absolute atomic E-state index is 12.2. The number of halogens is 1. The Morgan fingerprint density at radius 1 is 0.906 bits per heavy atom. The fourth-order valence-corrected chi connectivity index (χ4v) is 3.69. The molecule has 1 N–H and O–H groups in total. The zero-order valence-corrected chi connectivity index (χ0v) is 20.4. The van der Waals surface area contributed by atoms with Crippen molar-refractivity contribution in [3.8, 4) is 5.75 Å². The van der Waals surface area contributed by atoms with Crippen LogP contribution in [-0.2, 0) is 4.79 Å². The monoisotopic (exact) mass is 500 g/mol. The molecule has 0 aliphatic rings. The largest absolute Gasteiger partial charge is 0.423 e. The first kappa shape index (κ1) is 25.8. The molecule has 2 rings (SSSR count). The molecule has 0 aliphatic carbocycles. The Kier molecular flexibility index (Phi) is 12.4. The molecular formula is C26H33BrN2O3. The van der Waals surface area contributed by atoms with E-state index in [-0.39, 0.29) is 5.91 Å². The highest BCUT2D eigenvalue weighted by Gasteiger charge is 2.11. The van der Waals surface area contributed by atoms with Gasteiger partial charge in [0.25, 0.3) is 0 Å². The first-order valence-corrected chi connectivity index (χ1v) is 12.3. The molecule has 0 saturated carbocycles. The van der Waals surface area contributed by atoms with E-state index in [9.17, 15) is 9.59 Å². The van der Waals surface area contributed by atoms with E-state index in [1.54, 1.807) is 48.7 Å². The van der Waals surface area contributed by atoms with Crippen LogP contribution in [0.2, 0.25) is 0 Å². The molecule has 0 unspecified atom stereocenters. The fourth-order valence-electron chi connectivity index (χ4n) is 3.24. The smallest absolute Gasteiger partial charge is 0.344 e. The second kappa shape index (κ2) is 15.4. The van der Waals surface area contributed by atoms with Crippen molar-refractivity contribution >= 4 is 34.0 Å². The fraction of sp³-hybridized carbons (Fsp3) is 0.423. The van der Waals surface area contributed by atoms with Crippen LogP contribution in [0.25, 0.3) is 0 Å². The van der Waals surface area contributed by atoms with E-state index in [0.29, 0.717) is 22.2 Å². The number of carbonyl (C=O) groups is 2. The minimum atomic E-state index is -0.428. The summed E-state index contributed by atoms with van der Waals surface area (Å²) >= 11 is 3.35. The first-order chi connectivity index (χ1) is 15.6. The lowest BCUT2D eigenvalue weighted by Gasteiger charge is -2.06. The summed E-state index contributed by atoms with van der Waals surface area (Å²) in [6.07, 6.45) is 13.1. The summed E-state index contributed by atoms with van der Waals surface area (Å²) in [6, 6.07) is 14.1. The number of hydrogen-bond donors (Lipinski definition) is 1. The summed E-state index contributed by atoms with van der Waals surface area (Å²) in [6.45, 7) is 2.23. The predicted octanol–water partition coefficient (Wildman–Crippen LogP) is 7.04. The molecule has 0 heterocycles. The zero-order chi connectivity index (χ0) is 23.0. The molecule has 2 aromatic rings. The van der Waals surface area contributed by atoms with Crippen molar-refractivity contribution in [2.45, 2.75) is 71.1 Å². The van der Waals surface area contributed by atoms with E-state index in [2.05, 4.69) is 33.4 Å². The summed E-state index contributed by atoms with van der Waals surface area (Å²) in [5.74, 6) is -0.0527. The van der Waals surface area contributed by atoms with E-state index < -0.39 is 5.97 Å². The number of ether oxygens (including phenoxy) is 1. The summed E-state index contributed by atoms with van der Waals surface area (Å²) < 4.78 is 6.08. The van der Waals surface area contributed by atoms with E-state index >= 15 is 0 Å². The van der Waals surface area contributed by atoms with Gasteiger partial charge in [0.1, 0.15) is 5.75 Å². The zero-order valence-electron chi connectivity index (χ0n) is 18.8. The summed E-state index contributed by atoms with van der Waals surface area (Å²) in [5, 5.41) is 4.01. The molecule has 0 fully saturated rings. The summed E-state index contributed by atoms with van der Waals surface area (Å²) in [7, 11) is 0. The normalized spacial score (nSPS) is 10.9. The van der Waals surface area contributed by atoms with Crippen LogP contribution in [0.5, 0.6) is 5.75 Å². The van der Waals surface area contributed by atoms with E-state index in [1.165, 1.54) is 44.9 Å². The number of nitrogens with zero attached hydrogens (tertiary/aromatic N) is 1. The number of unbranched alkanes of at least 4 members (excludes halogenated alkanes) is 8. The Hall–Kier alpha value is -2.47. The molecule has 32 heavy (non-hydrogen) atoms. The lowest BCUT2D eigenvalue weighted by Crippen LogP contribution is -2.16. The molecule has 0 atom stereocenters. The Bertz CT molecular complexity index is 866. The van der Waals surface area contributed by atoms with Gasteiger partial charge in [-0.2, -0.15) is 5.10 Å². The summed E-state index contributed by atoms with van der Waals surface area (Å²) in [4.78, 5) is 24.1. The highest BCUT2D eigenvalue weighted by atomic mass is 79.9. The van der Waals surface area contributed by atoms with Crippen molar-refractivity contribution in [2.75, 3.05) is 0 Å². The van der Waals surface area contributed by atoms with Gasteiger partial charge >= 0.3 is 5.97 Å². The predicted molar refractivity (Wildman–Crippen MR) is 133 cm³/mol. The van der Waals surface area contributed by atoms with E-state index in [4.69, 9.17) is 4.74 Å². The second-order valence-corrected chi connectivity index (χ2v) is 8.66. The number of amides is 1. The number of nitrogens with one attached hydrogen (secondary N) is 1. The lowest BCUT2D eigenvalue weighted by molar-refractivity contribution is -0.121. The van der Waals surface area contributed by atoms with Crippen LogP contribution in [0.4, 0.5) is 0 Å². The third-order valence-corrected chi connectivity index (χ3v) is 5.79. The van der Waals surface area contributed by atoms with Crippen LogP contribution in [0.1, 0.15) is 87.1 Å². The van der Waals surface area contributed by atoms with Gasteiger partial charge in [-0.05, 0) is 64.3 Å². The molecule has 5 nitrogen and oxygen atoms in total. The van der Waals surface area contributed by atoms with Gasteiger partial charge in [-0.1, -0.05) is 70.4 Å². The minimum Gasteiger partial charge on any atom is -0.423 e. The van der Waals surface area contributed by atoms with Crippen LogP contribution in [-0.4, -0.2) is 18.1 Å². The molecule has 0 radical (unpaired) electrons.